The lowest BCUT2D eigenvalue weighted by Crippen LogP contribution is -2.17. The maximum atomic E-state index is 9.04. The fourth-order valence-electron chi connectivity index (χ4n) is 2.31. The molecule has 0 unspecified atom stereocenters. The lowest BCUT2D eigenvalue weighted by Gasteiger charge is -2.13. The number of nitrogens with one attached hydrogen (secondary N) is 1. The molecule has 0 fully saturated rings. The van der Waals surface area contributed by atoms with Crippen LogP contribution in [0.25, 0.3) is 0 Å². The molecule has 2 aromatic rings. The van der Waals surface area contributed by atoms with Crippen LogP contribution in [0, 0.1) is 11.3 Å². The van der Waals surface area contributed by atoms with Gasteiger partial charge in [0.15, 0.2) is 0 Å². The summed E-state index contributed by atoms with van der Waals surface area (Å²) in [7, 11) is 1.66. The molecule has 0 bridgehead atoms. The highest BCUT2D eigenvalue weighted by Crippen LogP contribution is 2.21. The quantitative estimate of drug-likeness (QED) is 0.795. The predicted molar refractivity (Wildman–Crippen MR) is 83.2 cm³/mol. The first-order valence-corrected chi connectivity index (χ1v) is 7.20. The van der Waals surface area contributed by atoms with Crippen molar-refractivity contribution in [3.63, 3.8) is 0 Å². The van der Waals surface area contributed by atoms with Crippen molar-refractivity contribution in [2.45, 2.75) is 26.4 Å². The molecule has 0 saturated carbocycles. The van der Waals surface area contributed by atoms with E-state index in [1.54, 1.807) is 13.2 Å². The van der Waals surface area contributed by atoms with E-state index in [4.69, 9.17) is 10.00 Å². The summed E-state index contributed by atoms with van der Waals surface area (Å²) in [4.78, 5) is 0. The molecule has 0 aliphatic carbocycles. The van der Waals surface area contributed by atoms with E-state index in [1.165, 1.54) is 5.69 Å². The zero-order valence-electron chi connectivity index (χ0n) is 12.6. The van der Waals surface area contributed by atoms with Gasteiger partial charge in [0, 0.05) is 24.0 Å². The average molecular weight is 283 g/mol. The molecule has 0 amide bonds. The minimum absolute atomic E-state index is 0.656. The van der Waals surface area contributed by atoms with Crippen molar-refractivity contribution in [3.05, 3.63) is 53.3 Å². The van der Waals surface area contributed by atoms with E-state index in [-0.39, 0.29) is 0 Å². The van der Waals surface area contributed by atoms with Crippen LogP contribution in [0.5, 0.6) is 5.75 Å². The number of ether oxygens (including phenoxy) is 1. The molecule has 0 aliphatic rings. The number of aromatic nitrogens is 1. The van der Waals surface area contributed by atoms with E-state index in [1.807, 2.05) is 18.2 Å². The highest BCUT2D eigenvalue weighted by molar-refractivity contribution is 5.42. The summed E-state index contributed by atoms with van der Waals surface area (Å²) in [5.41, 5.74) is 2.90. The van der Waals surface area contributed by atoms with Crippen molar-refractivity contribution in [2.24, 2.45) is 0 Å². The van der Waals surface area contributed by atoms with Crippen LogP contribution in [-0.4, -0.2) is 18.2 Å². The van der Waals surface area contributed by atoms with Gasteiger partial charge < -0.3 is 14.6 Å². The molecular formula is C17H21N3O. The zero-order valence-corrected chi connectivity index (χ0v) is 12.6. The standard InChI is InChI=1S/C17H21N3O/c1-3-8-19-12-16-5-4-9-20(16)13-15-10-14(11-18)6-7-17(15)21-2/h4-7,9-10,19H,3,8,12-13H2,1-2H3. The monoisotopic (exact) mass is 283 g/mol. The smallest absolute Gasteiger partial charge is 0.123 e. The Morgan fingerprint density at radius 2 is 2.19 bits per heavy atom. The molecule has 0 saturated heterocycles. The summed E-state index contributed by atoms with van der Waals surface area (Å²) >= 11 is 0. The molecule has 0 radical (unpaired) electrons. The minimum atomic E-state index is 0.656. The SMILES string of the molecule is CCCNCc1cccn1Cc1cc(C#N)ccc1OC. The van der Waals surface area contributed by atoms with E-state index < -0.39 is 0 Å². The predicted octanol–water partition coefficient (Wildman–Crippen LogP) is 2.92. The van der Waals surface area contributed by atoms with Crippen molar-refractivity contribution >= 4 is 0 Å². The van der Waals surface area contributed by atoms with Crippen molar-refractivity contribution in [3.8, 4) is 11.8 Å². The molecule has 4 nitrogen and oxygen atoms in total. The fourth-order valence-corrected chi connectivity index (χ4v) is 2.31. The van der Waals surface area contributed by atoms with Crippen LogP contribution in [0.4, 0.5) is 0 Å². The second kappa shape index (κ2) is 7.51. The molecule has 1 N–H and O–H groups in total. The first kappa shape index (κ1) is 15.1. The molecule has 1 aromatic heterocycles. The van der Waals surface area contributed by atoms with Gasteiger partial charge >= 0.3 is 0 Å². The van der Waals surface area contributed by atoms with Crippen molar-refractivity contribution in [1.82, 2.24) is 9.88 Å². The molecule has 1 heterocycles. The molecule has 0 aliphatic heterocycles. The van der Waals surface area contributed by atoms with Gasteiger partial charge in [-0.25, -0.2) is 0 Å². The molecule has 1 aromatic carbocycles. The highest BCUT2D eigenvalue weighted by Gasteiger charge is 2.07. The molecule has 2 rings (SSSR count). The van der Waals surface area contributed by atoms with E-state index in [0.717, 1.165) is 30.8 Å². The maximum absolute atomic E-state index is 9.04. The maximum Gasteiger partial charge on any atom is 0.123 e. The van der Waals surface area contributed by atoms with E-state index in [2.05, 4.69) is 35.1 Å². The lowest BCUT2D eigenvalue weighted by molar-refractivity contribution is 0.408. The zero-order chi connectivity index (χ0) is 15.1. The van der Waals surface area contributed by atoms with Gasteiger partial charge in [-0.1, -0.05) is 6.92 Å². The number of rotatable bonds is 7. The molecule has 21 heavy (non-hydrogen) atoms. The Bertz CT molecular complexity index is 625. The second-order valence-corrected chi connectivity index (χ2v) is 4.94. The van der Waals surface area contributed by atoms with Crippen LogP contribution >= 0.6 is 0 Å². The first-order valence-electron chi connectivity index (χ1n) is 7.20. The summed E-state index contributed by atoms with van der Waals surface area (Å²) in [5, 5.41) is 12.5. The number of nitriles is 1. The third kappa shape index (κ3) is 3.87. The molecular weight excluding hydrogens is 262 g/mol. The van der Waals surface area contributed by atoms with Gasteiger partial charge in [0.25, 0.3) is 0 Å². The summed E-state index contributed by atoms with van der Waals surface area (Å²) in [6.45, 7) is 4.72. The number of benzene rings is 1. The highest BCUT2D eigenvalue weighted by atomic mass is 16.5. The number of hydrogen-bond donors (Lipinski definition) is 1. The van der Waals surface area contributed by atoms with Crippen LogP contribution in [0.15, 0.2) is 36.5 Å². The molecule has 110 valence electrons. The Morgan fingerprint density at radius 3 is 2.90 bits per heavy atom. The van der Waals surface area contributed by atoms with E-state index in [9.17, 15) is 0 Å². The number of methoxy groups -OCH3 is 1. The van der Waals surface area contributed by atoms with Crippen LogP contribution in [0.3, 0.4) is 0 Å². The largest absolute Gasteiger partial charge is 0.496 e. The normalized spacial score (nSPS) is 10.3. The lowest BCUT2D eigenvalue weighted by atomic mass is 10.1. The van der Waals surface area contributed by atoms with Crippen LogP contribution in [0.2, 0.25) is 0 Å². The van der Waals surface area contributed by atoms with Gasteiger partial charge in [0.1, 0.15) is 5.75 Å². The van der Waals surface area contributed by atoms with Gasteiger partial charge in [-0.3, -0.25) is 0 Å². The van der Waals surface area contributed by atoms with Crippen LogP contribution < -0.4 is 10.1 Å². The van der Waals surface area contributed by atoms with Gasteiger partial charge in [0.2, 0.25) is 0 Å². The Morgan fingerprint density at radius 1 is 1.33 bits per heavy atom. The summed E-state index contributed by atoms with van der Waals surface area (Å²) in [6.07, 6.45) is 3.18. The third-order valence-corrected chi connectivity index (χ3v) is 3.41. The Hall–Kier alpha value is -2.25. The molecule has 0 spiro atoms. The van der Waals surface area contributed by atoms with E-state index in [0.29, 0.717) is 12.1 Å². The van der Waals surface area contributed by atoms with Crippen molar-refractivity contribution in [1.29, 1.82) is 5.26 Å². The molecule has 4 heteroatoms. The van der Waals surface area contributed by atoms with E-state index >= 15 is 0 Å². The van der Waals surface area contributed by atoms with Crippen molar-refractivity contribution in [2.75, 3.05) is 13.7 Å². The Labute approximate surface area is 126 Å². The first-order chi connectivity index (χ1) is 10.3. The van der Waals surface area contributed by atoms with Gasteiger partial charge in [0.05, 0.1) is 25.3 Å². The van der Waals surface area contributed by atoms with Crippen LogP contribution in [-0.2, 0) is 13.1 Å². The summed E-state index contributed by atoms with van der Waals surface area (Å²) < 4.78 is 7.58. The van der Waals surface area contributed by atoms with Gasteiger partial charge in [-0.05, 0) is 43.3 Å². The number of hydrogen-bond acceptors (Lipinski definition) is 3. The number of nitrogens with zero attached hydrogens (tertiary/aromatic N) is 2. The molecule has 0 atom stereocenters. The van der Waals surface area contributed by atoms with Gasteiger partial charge in [-0.2, -0.15) is 5.26 Å². The van der Waals surface area contributed by atoms with Gasteiger partial charge in [-0.15, -0.1) is 0 Å². The Kier molecular flexibility index (Phi) is 5.42. The van der Waals surface area contributed by atoms with Crippen LogP contribution in [0.1, 0.15) is 30.2 Å². The van der Waals surface area contributed by atoms with Crippen molar-refractivity contribution < 1.29 is 4.74 Å². The summed E-state index contributed by atoms with van der Waals surface area (Å²) in [5.74, 6) is 0.815. The third-order valence-electron chi connectivity index (χ3n) is 3.41. The average Bonchev–Trinajstić information content (AvgIpc) is 2.95. The summed E-state index contributed by atoms with van der Waals surface area (Å²) in [6, 6.07) is 11.9. The topological polar surface area (TPSA) is 50.0 Å². The Balaban J connectivity index is 2.18. The second-order valence-electron chi connectivity index (χ2n) is 4.94. The fraction of sp³-hybridized carbons (Fsp3) is 0.353. The minimum Gasteiger partial charge on any atom is -0.496 e.